The number of benzene rings is 4. The van der Waals surface area contributed by atoms with Gasteiger partial charge in [-0.3, -0.25) is 9.59 Å². The van der Waals surface area contributed by atoms with Crippen LogP contribution in [-0.4, -0.2) is 57.7 Å². The average Bonchev–Trinajstić information content (AvgIpc) is 4.13. The number of hydrogen-bond donors (Lipinski definition) is 2. The van der Waals surface area contributed by atoms with Crippen molar-refractivity contribution in [2.75, 3.05) is 0 Å². The second kappa shape index (κ2) is 15.1. The highest BCUT2D eigenvalue weighted by molar-refractivity contribution is 6.06. The van der Waals surface area contributed by atoms with Crippen molar-refractivity contribution in [1.29, 1.82) is 0 Å². The van der Waals surface area contributed by atoms with Gasteiger partial charge in [0.15, 0.2) is 29.1 Å². The number of nitrogens with zero attached hydrogens (tertiary/aromatic N) is 6. The largest absolute Gasteiger partial charge is 0.462 e. The lowest BCUT2D eigenvalue weighted by atomic mass is 9.47. The van der Waals surface area contributed by atoms with Crippen LogP contribution in [0.15, 0.2) is 109 Å². The lowest BCUT2D eigenvalue weighted by molar-refractivity contribution is -0.159. The molecule has 6 atom stereocenters. The van der Waals surface area contributed by atoms with Gasteiger partial charge in [-0.15, -0.1) is 0 Å². The minimum Gasteiger partial charge on any atom is -0.462 e. The number of ketones is 1. The van der Waals surface area contributed by atoms with E-state index in [1.54, 1.807) is 0 Å². The van der Waals surface area contributed by atoms with Gasteiger partial charge in [-0.1, -0.05) is 123 Å². The van der Waals surface area contributed by atoms with Crippen LogP contribution in [0.25, 0.3) is 89.7 Å². The number of rotatable bonds is 2. The normalized spacial score (nSPS) is 25.0. The topological polar surface area (TPSA) is 152 Å². The molecule has 65 heavy (non-hydrogen) atoms. The molecular weight excluding hydrogens is 809 g/mol. The number of nitrogens with one attached hydrogen (secondary N) is 2. The van der Waals surface area contributed by atoms with E-state index in [0.29, 0.717) is 69.9 Å². The van der Waals surface area contributed by atoms with Crippen molar-refractivity contribution in [2.45, 2.75) is 84.7 Å². The highest BCUT2D eigenvalue weighted by atomic mass is 16.5. The van der Waals surface area contributed by atoms with Crippen LogP contribution in [0, 0.1) is 28.6 Å². The summed E-state index contributed by atoms with van der Waals surface area (Å²) in [7, 11) is 0. The molecule has 11 heteroatoms. The molecule has 0 spiro atoms. The number of esters is 1. The van der Waals surface area contributed by atoms with Gasteiger partial charge in [0.2, 0.25) is 0 Å². The Morgan fingerprint density at radius 1 is 0.585 bits per heavy atom. The highest BCUT2D eigenvalue weighted by Gasteiger charge is 2.60. The van der Waals surface area contributed by atoms with Crippen LogP contribution >= 0.6 is 0 Å². The summed E-state index contributed by atoms with van der Waals surface area (Å²) in [6.45, 7) is 6.69. The van der Waals surface area contributed by atoms with Gasteiger partial charge in [0.25, 0.3) is 0 Å². The molecule has 2 aliphatic heterocycles. The van der Waals surface area contributed by atoms with Gasteiger partial charge >= 0.3 is 5.97 Å². The van der Waals surface area contributed by atoms with Crippen molar-refractivity contribution < 1.29 is 14.3 Å². The standard InChI is InChI=1S/C32H18N8.C22H32O3/c1-2-10-18-17(9-1)25-33-26(18)38-28-21-13-5-6-14-22(21)30(35-28)40-32-24-16-8-7-15-23(24)31(36-32)39-29-20-12-4-3-11-19(20)27(34-29)37-25;1-4-20(24)25-19-8-7-17-16-6-5-14-13-15(23)9-11-21(14,2)18(16)10-12-22(17,19)3/h1-16H,(H2,33,34,35,36,37,38,39,40);13,16-19H,4-12H2,1-3H3/t;16-,17-,18-,19-,21-,22-/m.0/s1. The Balaban J connectivity index is 0.000000153. The van der Waals surface area contributed by atoms with Crippen molar-refractivity contribution in [1.82, 2.24) is 39.9 Å². The summed E-state index contributed by atoms with van der Waals surface area (Å²) in [6, 6.07) is 32.2. The van der Waals surface area contributed by atoms with Crippen LogP contribution in [0.4, 0.5) is 0 Å². The van der Waals surface area contributed by atoms with E-state index in [0.717, 1.165) is 81.8 Å². The molecule has 11 nitrogen and oxygen atoms in total. The smallest absolute Gasteiger partial charge is 0.305 e. The Labute approximate surface area is 376 Å². The fourth-order valence-electron chi connectivity index (χ4n) is 12.5. The Bertz CT molecular complexity index is 3010. The van der Waals surface area contributed by atoms with Crippen molar-refractivity contribution in [2.24, 2.45) is 28.6 Å². The van der Waals surface area contributed by atoms with Crippen molar-refractivity contribution in [3.05, 3.63) is 109 Å². The third-order valence-electron chi connectivity index (χ3n) is 15.9. The van der Waals surface area contributed by atoms with Gasteiger partial charge in [0, 0.05) is 62.1 Å². The molecule has 5 heterocycles. The number of carbonyl (C=O) groups is 2. The zero-order valence-electron chi connectivity index (χ0n) is 36.9. The van der Waals surface area contributed by atoms with E-state index in [4.69, 9.17) is 34.6 Å². The average molecular weight is 859 g/mol. The minimum atomic E-state index is -0.0411. The van der Waals surface area contributed by atoms with Crippen LogP contribution in [0.3, 0.4) is 0 Å². The van der Waals surface area contributed by atoms with Gasteiger partial charge in [0.1, 0.15) is 28.7 Å². The molecule has 324 valence electrons. The Morgan fingerprint density at radius 3 is 1.51 bits per heavy atom. The molecule has 0 saturated heterocycles. The molecule has 0 radical (unpaired) electrons. The number of fused-ring (bicyclic) bond motifs is 25. The van der Waals surface area contributed by atoms with Crippen molar-refractivity contribution in [3.63, 3.8) is 0 Å². The summed E-state index contributed by atoms with van der Waals surface area (Å²) in [4.78, 5) is 60.5. The van der Waals surface area contributed by atoms with Gasteiger partial charge in [0.05, 0.1) is 0 Å². The summed E-state index contributed by atoms with van der Waals surface area (Å²) in [6.07, 6.45) is 11.3. The lowest BCUT2D eigenvalue weighted by Gasteiger charge is -2.57. The molecule has 3 aromatic heterocycles. The maximum atomic E-state index is 11.9. The first-order chi connectivity index (χ1) is 31.7. The van der Waals surface area contributed by atoms with Crippen LogP contribution in [0.2, 0.25) is 0 Å². The summed E-state index contributed by atoms with van der Waals surface area (Å²) >= 11 is 0. The number of allylic oxidation sites excluding steroid dienone is 1. The maximum absolute atomic E-state index is 11.9. The first-order valence-electron chi connectivity index (χ1n) is 23.3. The Morgan fingerprint density at radius 2 is 1.05 bits per heavy atom. The summed E-state index contributed by atoms with van der Waals surface area (Å²) < 4.78 is 5.86. The van der Waals surface area contributed by atoms with E-state index in [9.17, 15) is 9.59 Å². The number of aromatic nitrogens is 8. The maximum Gasteiger partial charge on any atom is 0.305 e. The number of H-pyrrole nitrogens is 2. The summed E-state index contributed by atoms with van der Waals surface area (Å²) in [5, 5.41) is 3.82. The number of hydrogen-bond acceptors (Lipinski definition) is 9. The van der Waals surface area contributed by atoms with E-state index >= 15 is 0 Å². The van der Waals surface area contributed by atoms with Crippen molar-refractivity contribution >= 4 is 55.9 Å². The quantitative estimate of drug-likeness (QED) is 0.162. The van der Waals surface area contributed by atoms with Crippen LogP contribution in [0.1, 0.15) is 78.6 Å². The van der Waals surface area contributed by atoms with E-state index in [1.165, 1.54) is 24.8 Å². The second-order valence-electron chi connectivity index (χ2n) is 19.2. The van der Waals surface area contributed by atoms with Gasteiger partial charge in [-0.2, -0.15) is 0 Å². The van der Waals surface area contributed by atoms with Crippen LogP contribution in [-0.2, 0) is 14.3 Å². The van der Waals surface area contributed by atoms with E-state index in [2.05, 4.69) is 23.8 Å². The SMILES string of the molecule is CCC(=O)O[C@H]1CC[C@H]2[C@@H]3CCC4=CC(=O)CC[C@]4(C)[C@H]3CC[C@]12C.c1ccc2c(c1)-c1nc-2nc2[nH]c(nc3nc(nc4[nH]c(n1)c1ccccc41)-c1ccccc1-3)c1ccccc21. The van der Waals surface area contributed by atoms with E-state index < -0.39 is 0 Å². The van der Waals surface area contributed by atoms with Gasteiger partial charge in [-0.25, -0.2) is 29.9 Å². The molecule has 3 fully saturated rings. The predicted molar refractivity (Wildman–Crippen MR) is 253 cm³/mol. The van der Waals surface area contributed by atoms with Crippen LogP contribution in [0.5, 0.6) is 0 Å². The minimum absolute atomic E-state index is 0.0411. The molecule has 2 N–H and O–H groups in total. The van der Waals surface area contributed by atoms with Crippen molar-refractivity contribution in [3.8, 4) is 45.6 Å². The summed E-state index contributed by atoms with van der Waals surface area (Å²) in [5.74, 6) is 4.80. The number of ether oxygens (including phenoxy) is 1. The third-order valence-corrected chi connectivity index (χ3v) is 15.9. The molecular formula is C54H50N8O3. The molecule has 7 aromatic rings. The molecule has 8 bridgehead atoms. The Kier molecular flexibility index (Phi) is 9.23. The molecule has 4 aliphatic carbocycles. The predicted octanol–water partition coefficient (Wildman–Crippen LogP) is 11.7. The lowest BCUT2D eigenvalue weighted by Crippen LogP contribution is -2.51. The molecule has 4 aromatic carbocycles. The van der Waals surface area contributed by atoms with E-state index in [1.807, 2.05) is 110 Å². The fourth-order valence-corrected chi connectivity index (χ4v) is 12.5. The molecule has 0 amide bonds. The van der Waals surface area contributed by atoms with Crippen LogP contribution < -0.4 is 0 Å². The third kappa shape index (κ3) is 6.37. The highest BCUT2D eigenvalue weighted by Crippen LogP contribution is 2.65. The molecule has 3 saturated carbocycles. The number of aromatic amines is 2. The molecule has 13 rings (SSSR count). The summed E-state index contributed by atoms with van der Waals surface area (Å²) in [5.41, 5.74) is 8.27. The first kappa shape index (κ1) is 39.7. The number of carbonyl (C=O) groups excluding carboxylic acids is 2. The molecule has 6 aliphatic rings. The Hall–Kier alpha value is -6.88. The van der Waals surface area contributed by atoms with Gasteiger partial charge in [-0.05, 0) is 74.2 Å². The van der Waals surface area contributed by atoms with E-state index in [-0.39, 0.29) is 22.9 Å². The first-order valence-corrected chi connectivity index (χ1v) is 23.3. The molecule has 0 unspecified atom stereocenters. The van der Waals surface area contributed by atoms with Gasteiger partial charge < -0.3 is 14.7 Å². The monoisotopic (exact) mass is 858 g/mol. The second-order valence-corrected chi connectivity index (χ2v) is 19.2. The fraction of sp³-hybridized carbons (Fsp3) is 0.333. The zero-order chi connectivity index (χ0) is 44.0. The zero-order valence-corrected chi connectivity index (χ0v) is 36.9.